The van der Waals surface area contributed by atoms with Crippen molar-refractivity contribution in [1.82, 2.24) is 24.8 Å². The number of rotatable bonds is 5. The highest BCUT2D eigenvalue weighted by Crippen LogP contribution is 2.18. The zero-order valence-corrected chi connectivity index (χ0v) is 14.5. The van der Waals surface area contributed by atoms with Gasteiger partial charge in [-0.3, -0.25) is 4.79 Å². The van der Waals surface area contributed by atoms with E-state index in [0.717, 1.165) is 16.6 Å². The molecule has 0 spiro atoms. The van der Waals surface area contributed by atoms with E-state index in [1.54, 1.807) is 21.6 Å². The Bertz CT molecular complexity index is 1070. The van der Waals surface area contributed by atoms with Crippen molar-refractivity contribution in [2.24, 2.45) is 0 Å². The minimum absolute atomic E-state index is 0.0672. The number of aromatic nitrogens is 5. The van der Waals surface area contributed by atoms with E-state index in [9.17, 15) is 4.79 Å². The molecule has 0 aliphatic carbocycles. The molecule has 0 aliphatic rings. The minimum Gasteiger partial charge on any atom is -0.309 e. The van der Waals surface area contributed by atoms with Gasteiger partial charge in [0.25, 0.3) is 0 Å². The molecule has 4 aromatic rings. The second-order valence-corrected chi connectivity index (χ2v) is 6.16. The van der Waals surface area contributed by atoms with Crippen molar-refractivity contribution in [3.05, 3.63) is 71.4 Å². The molecule has 4 rings (SSSR count). The number of carbonyl (C=O) groups is 1. The Balaban J connectivity index is 1.49. The highest BCUT2D eigenvalue weighted by atomic mass is 35.5. The molecule has 0 saturated carbocycles. The van der Waals surface area contributed by atoms with Crippen LogP contribution in [0.4, 0.5) is 5.82 Å². The third-order valence-corrected chi connectivity index (χ3v) is 4.34. The fraction of sp³-hybridized carbons (Fsp3) is 0.111. The molecule has 7 nitrogen and oxygen atoms in total. The van der Waals surface area contributed by atoms with Crippen LogP contribution in [0.25, 0.3) is 11.0 Å². The number of fused-ring (bicyclic) bond motifs is 1. The van der Waals surface area contributed by atoms with Gasteiger partial charge in [-0.15, -0.1) is 5.10 Å². The van der Waals surface area contributed by atoms with E-state index in [4.69, 9.17) is 11.6 Å². The van der Waals surface area contributed by atoms with E-state index in [1.807, 2.05) is 48.5 Å². The van der Waals surface area contributed by atoms with Gasteiger partial charge < -0.3 is 5.32 Å². The Kier molecular flexibility index (Phi) is 4.37. The summed E-state index contributed by atoms with van der Waals surface area (Å²) in [5.74, 6) is 0.390. The summed E-state index contributed by atoms with van der Waals surface area (Å²) in [6.45, 7) is 0.534. The van der Waals surface area contributed by atoms with Gasteiger partial charge in [-0.25, -0.2) is 9.36 Å². The molecule has 1 N–H and O–H groups in total. The van der Waals surface area contributed by atoms with E-state index in [1.165, 1.54) is 0 Å². The maximum absolute atomic E-state index is 12.4. The first-order valence-electron chi connectivity index (χ1n) is 8.04. The Morgan fingerprint density at radius 1 is 1.04 bits per heavy atom. The Labute approximate surface area is 154 Å². The van der Waals surface area contributed by atoms with Crippen LogP contribution in [0.5, 0.6) is 0 Å². The number of nitrogens with zero attached hydrogens (tertiary/aromatic N) is 5. The normalized spacial score (nSPS) is 11.0. The molecule has 2 heterocycles. The van der Waals surface area contributed by atoms with Crippen molar-refractivity contribution >= 4 is 34.4 Å². The van der Waals surface area contributed by atoms with Crippen LogP contribution in [0.1, 0.15) is 5.56 Å². The third-order valence-electron chi connectivity index (χ3n) is 3.98. The van der Waals surface area contributed by atoms with Crippen molar-refractivity contribution in [2.75, 3.05) is 5.32 Å². The monoisotopic (exact) mass is 366 g/mol. The van der Waals surface area contributed by atoms with Crippen LogP contribution >= 0.6 is 11.6 Å². The quantitative estimate of drug-likeness (QED) is 0.589. The zero-order chi connectivity index (χ0) is 17.9. The van der Waals surface area contributed by atoms with Gasteiger partial charge in [-0.1, -0.05) is 47.1 Å². The van der Waals surface area contributed by atoms with Gasteiger partial charge in [0.15, 0.2) is 0 Å². The topological polar surface area (TPSA) is 77.6 Å². The van der Waals surface area contributed by atoms with Crippen molar-refractivity contribution < 1.29 is 4.79 Å². The van der Waals surface area contributed by atoms with Crippen LogP contribution in [0.3, 0.4) is 0 Å². The molecule has 0 saturated heterocycles. The summed E-state index contributed by atoms with van der Waals surface area (Å²) >= 11 is 6.20. The molecule has 130 valence electrons. The summed E-state index contributed by atoms with van der Waals surface area (Å²) in [7, 11) is 0. The minimum atomic E-state index is -0.207. The Hall–Kier alpha value is -3.19. The van der Waals surface area contributed by atoms with Gasteiger partial charge in [0.2, 0.25) is 5.91 Å². The summed E-state index contributed by atoms with van der Waals surface area (Å²) in [6.07, 6.45) is 1.64. The standard InChI is InChI=1S/C18H15ClN6O/c19-14-6-2-1-5-13(14)11-25-17(9-10-20-25)21-18(26)12-24-16-8-4-3-7-15(16)22-23-24/h1-10H,11-12H2,(H,21,26). The molecule has 0 atom stereocenters. The summed E-state index contributed by atoms with van der Waals surface area (Å²) in [6, 6.07) is 16.8. The van der Waals surface area contributed by atoms with Gasteiger partial charge >= 0.3 is 0 Å². The lowest BCUT2D eigenvalue weighted by atomic mass is 10.2. The van der Waals surface area contributed by atoms with Crippen LogP contribution in [0.15, 0.2) is 60.8 Å². The van der Waals surface area contributed by atoms with E-state index in [0.29, 0.717) is 17.4 Å². The number of para-hydroxylation sites is 1. The second-order valence-electron chi connectivity index (χ2n) is 5.75. The number of hydrogen-bond donors (Lipinski definition) is 1. The molecule has 2 aromatic heterocycles. The summed E-state index contributed by atoms with van der Waals surface area (Å²) in [5, 5.41) is 15.9. The molecule has 1 amide bonds. The average molecular weight is 367 g/mol. The number of amides is 1. The largest absolute Gasteiger partial charge is 0.309 e. The first kappa shape index (κ1) is 16.3. The van der Waals surface area contributed by atoms with Crippen LogP contribution < -0.4 is 5.32 Å². The van der Waals surface area contributed by atoms with E-state index in [2.05, 4.69) is 20.7 Å². The number of carbonyl (C=O) groups excluding carboxylic acids is 1. The summed E-state index contributed by atoms with van der Waals surface area (Å²) in [5.41, 5.74) is 2.49. The van der Waals surface area contributed by atoms with Gasteiger partial charge in [0, 0.05) is 11.1 Å². The molecule has 2 aromatic carbocycles. The Morgan fingerprint density at radius 2 is 1.85 bits per heavy atom. The predicted molar refractivity (Wildman–Crippen MR) is 98.9 cm³/mol. The molecular weight excluding hydrogens is 352 g/mol. The molecule has 0 aliphatic heterocycles. The fourth-order valence-corrected chi connectivity index (χ4v) is 2.90. The lowest BCUT2D eigenvalue weighted by Crippen LogP contribution is -2.21. The highest BCUT2D eigenvalue weighted by molar-refractivity contribution is 6.31. The maximum Gasteiger partial charge on any atom is 0.247 e. The molecule has 8 heteroatoms. The second kappa shape index (κ2) is 6.97. The van der Waals surface area contributed by atoms with Crippen molar-refractivity contribution in [3.63, 3.8) is 0 Å². The third kappa shape index (κ3) is 3.29. The number of halogens is 1. The molecule has 0 unspecified atom stereocenters. The number of nitrogens with one attached hydrogen (secondary N) is 1. The van der Waals surface area contributed by atoms with Gasteiger partial charge in [-0.05, 0) is 23.8 Å². The van der Waals surface area contributed by atoms with Crippen molar-refractivity contribution in [3.8, 4) is 0 Å². The van der Waals surface area contributed by atoms with E-state index < -0.39 is 0 Å². The van der Waals surface area contributed by atoms with E-state index >= 15 is 0 Å². The van der Waals surface area contributed by atoms with Crippen LogP contribution in [-0.4, -0.2) is 30.7 Å². The number of anilines is 1. The number of benzene rings is 2. The molecule has 26 heavy (non-hydrogen) atoms. The Morgan fingerprint density at radius 3 is 2.73 bits per heavy atom. The van der Waals surface area contributed by atoms with Crippen molar-refractivity contribution in [2.45, 2.75) is 13.1 Å². The molecule has 0 radical (unpaired) electrons. The lowest BCUT2D eigenvalue weighted by Gasteiger charge is -2.10. The van der Waals surface area contributed by atoms with Gasteiger partial charge in [0.1, 0.15) is 17.9 Å². The van der Waals surface area contributed by atoms with Crippen LogP contribution in [0, 0.1) is 0 Å². The predicted octanol–water partition coefficient (Wildman–Crippen LogP) is 2.97. The first-order chi connectivity index (χ1) is 12.7. The first-order valence-corrected chi connectivity index (χ1v) is 8.42. The molecule has 0 fully saturated rings. The molecule has 0 bridgehead atoms. The lowest BCUT2D eigenvalue weighted by molar-refractivity contribution is -0.116. The SMILES string of the molecule is O=C(Cn1nnc2ccccc21)Nc1ccnn1Cc1ccccc1Cl. The fourth-order valence-electron chi connectivity index (χ4n) is 2.71. The smallest absolute Gasteiger partial charge is 0.247 e. The van der Waals surface area contributed by atoms with Gasteiger partial charge in [0.05, 0.1) is 18.3 Å². The molecular formula is C18H15ClN6O. The zero-order valence-electron chi connectivity index (χ0n) is 13.7. The van der Waals surface area contributed by atoms with E-state index in [-0.39, 0.29) is 12.5 Å². The van der Waals surface area contributed by atoms with Crippen molar-refractivity contribution in [1.29, 1.82) is 0 Å². The van der Waals surface area contributed by atoms with Crippen LogP contribution in [0.2, 0.25) is 5.02 Å². The summed E-state index contributed by atoms with van der Waals surface area (Å²) < 4.78 is 3.26. The average Bonchev–Trinajstić information content (AvgIpc) is 3.24. The highest BCUT2D eigenvalue weighted by Gasteiger charge is 2.12. The summed E-state index contributed by atoms with van der Waals surface area (Å²) in [4.78, 5) is 12.4. The maximum atomic E-state index is 12.4. The van der Waals surface area contributed by atoms with Gasteiger partial charge in [-0.2, -0.15) is 5.10 Å². The van der Waals surface area contributed by atoms with Crippen LogP contribution in [-0.2, 0) is 17.9 Å². The number of hydrogen-bond acceptors (Lipinski definition) is 4.